The molecular weight excluding hydrogens is 308 g/mol. The van der Waals surface area contributed by atoms with Crippen LogP contribution in [0.15, 0.2) is 70.3 Å². The van der Waals surface area contributed by atoms with E-state index in [1.165, 1.54) is 16.0 Å². The molecule has 23 heavy (non-hydrogen) atoms. The van der Waals surface area contributed by atoms with E-state index >= 15 is 0 Å². The normalized spacial score (nSPS) is 11.5. The van der Waals surface area contributed by atoms with Crippen molar-refractivity contribution in [1.29, 1.82) is 5.41 Å². The minimum atomic E-state index is 0.297. The molecule has 6 heteroatoms. The minimum absolute atomic E-state index is 0.297. The molecule has 5 nitrogen and oxygen atoms in total. The first-order valence-corrected chi connectivity index (χ1v) is 7.85. The average Bonchev–Trinajstić information content (AvgIpc) is 3.13. The summed E-state index contributed by atoms with van der Waals surface area (Å²) in [6.07, 6.45) is 1.70. The first-order valence-electron chi connectivity index (χ1n) is 7.03. The smallest absolute Gasteiger partial charge is 0.272 e. The third-order valence-electron chi connectivity index (χ3n) is 3.39. The largest absolute Gasteiger partial charge is 0.334 e. The monoisotopic (exact) mass is 320 g/mol. The Hall–Kier alpha value is -2.99. The first-order chi connectivity index (χ1) is 11.3. The molecule has 2 aromatic heterocycles. The lowest BCUT2D eigenvalue weighted by Crippen LogP contribution is -2.07. The Morgan fingerprint density at radius 1 is 1.04 bits per heavy atom. The summed E-state index contributed by atoms with van der Waals surface area (Å²) >= 11 is 1.30. The van der Waals surface area contributed by atoms with Crippen LogP contribution in [0.3, 0.4) is 0 Å². The van der Waals surface area contributed by atoms with Crippen LogP contribution in [0.5, 0.6) is 0 Å². The third-order valence-corrected chi connectivity index (χ3v) is 4.32. The molecule has 0 amide bonds. The highest BCUT2D eigenvalue weighted by Gasteiger charge is 2.16. The predicted molar refractivity (Wildman–Crippen MR) is 90.6 cm³/mol. The SMILES string of the molecule is N=c1sc2c(-c3ccccc3)noc2n1/N=C/c1ccccc1. The van der Waals surface area contributed by atoms with Gasteiger partial charge in [0.05, 0.1) is 6.21 Å². The number of rotatable bonds is 3. The highest BCUT2D eigenvalue weighted by Crippen LogP contribution is 2.29. The van der Waals surface area contributed by atoms with E-state index in [0.29, 0.717) is 10.5 Å². The molecule has 0 saturated heterocycles. The Morgan fingerprint density at radius 3 is 2.48 bits per heavy atom. The molecule has 0 aliphatic heterocycles. The molecule has 0 spiro atoms. The first kappa shape index (κ1) is 13.7. The second-order valence-electron chi connectivity index (χ2n) is 4.91. The lowest BCUT2D eigenvalue weighted by Gasteiger charge is -1.92. The van der Waals surface area contributed by atoms with E-state index in [0.717, 1.165) is 21.5 Å². The van der Waals surface area contributed by atoms with Gasteiger partial charge < -0.3 is 4.52 Å². The Balaban J connectivity index is 1.80. The molecule has 0 unspecified atom stereocenters. The summed E-state index contributed by atoms with van der Waals surface area (Å²) in [5.41, 5.74) is 3.16. The molecule has 2 aromatic carbocycles. The molecule has 1 N–H and O–H groups in total. The van der Waals surface area contributed by atoms with E-state index in [1.54, 1.807) is 6.21 Å². The second kappa shape index (κ2) is 5.66. The quantitative estimate of drug-likeness (QED) is 0.585. The van der Waals surface area contributed by atoms with Gasteiger partial charge in [0.2, 0.25) is 4.80 Å². The van der Waals surface area contributed by atoms with Crippen molar-refractivity contribution in [2.75, 3.05) is 0 Å². The van der Waals surface area contributed by atoms with Crippen molar-refractivity contribution in [3.05, 3.63) is 71.0 Å². The van der Waals surface area contributed by atoms with Crippen molar-refractivity contribution >= 4 is 28.0 Å². The zero-order valence-electron chi connectivity index (χ0n) is 12.0. The van der Waals surface area contributed by atoms with Gasteiger partial charge in [-0.25, -0.2) is 0 Å². The van der Waals surface area contributed by atoms with Gasteiger partial charge in [0.1, 0.15) is 10.4 Å². The van der Waals surface area contributed by atoms with E-state index in [4.69, 9.17) is 9.93 Å². The molecule has 0 atom stereocenters. The lowest BCUT2D eigenvalue weighted by molar-refractivity contribution is 0.439. The Bertz CT molecular complexity index is 1030. The standard InChI is InChI=1S/C17H12N4OS/c18-17-21(19-11-12-7-3-1-4-8-12)16-15(23-17)14(20-22-16)13-9-5-2-6-10-13/h1-11,18H/b18-17?,19-11+. The van der Waals surface area contributed by atoms with Crippen LogP contribution in [0.1, 0.15) is 5.56 Å². The fourth-order valence-electron chi connectivity index (χ4n) is 2.28. The Kier molecular flexibility index (Phi) is 3.36. The maximum atomic E-state index is 8.12. The highest BCUT2D eigenvalue weighted by atomic mass is 32.1. The van der Waals surface area contributed by atoms with Crippen molar-refractivity contribution in [1.82, 2.24) is 9.83 Å². The molecule has 2 heterocycles. The number of benzene rings is 2. The van der Waals surface area contributed by atoms with Crippen LogP contribution in [0.25, 0.3) is 21.7 Å². The Morgan fingerprint density at radius 2 is 1.74 bits per heavy atom. The summed E-state index contributed by atoms with van der Waals surface area (Å²) in [6, 6.07) is 19.5. The fourth-order valence-corrected chi connectivity index (χ4v) is 3.15. The molecule has 4 rings (SSSR count). The molecule has 0 fully saturated rings. The summed E-state index contributed by atoms with van der Waals surface area (Å²) in [5, 5.41) is 16.6. The number of aromatic nitrogens is 2. The molecule has 0 aliphatic rings. The van der Waals surface area contributed by atoms with Crippen LogP contribution in [-0.4, -0.2) is 16.0 Å². The zero-order valence-corrected chi connectivity index (χ0v) is 12.8. The van der Waals surface area contributed by atoms with Gasteiger partial charge in [-0.15, -0.1) is 0 Å². The van der Waals surface area contributed by atoms with Crippen LogP contribution >= 0.6 is 11.3 Å². The number of nitrogens with one attached hydrogen (secondary N) is 1. The number of fused-ring (bicyclic) bond motifs is 1. The highest BCUT2D eigenvalue weighted by molar-refractivity contribution is 7.16. The van der Waals surface area contributed by atoms with Gasteiger partial charge in [-0.1, -0.05) is 77.2 Å². The van der Waals surface area contributed by atoms with Gasteiger partial charge in [-0.2, -0.15) is 9.78 Å². The van der Waals surface area contributed by atoms with E-state index < -0.39 is 0 Å². The van der Waals surface area contributed by atoms with Crippen molar-refractivity contribution in [3.63, 3.8) is 0 Å². The number of hydrogen-bond acceptors (Lipinski definition) is 5. The maximum Gasteiger partial charge on any atom is 0.272 e. The molecule has 0 saturated carbocycles. The van der Waals surface area contributed by atoms with Crippen molar-refractivity contribution in [2.45, 2.75) is 0 Å². The number of hydrogen-bond donors (Lipinski definition) is 1. The Labute approximate surface area is 135 Å². The molecule has 0 radical (unpaired) electrons. The van der Waals surface area contributed by atoms with Gasteiger partial charge in [0.25, 0.3) is 5.71 Å². The van der Waals surface area contributed by atoms with Gasteiger partial charge in [0.15, 0.2) is 0 Å². The number of thiazole rings is 1. The zero-order chi connectivity index (χ0) is 15.6. The van der Waals surface area contributed by atoms with E-state index in [-0.39, 0.29) is 0 Å². The second-order valence-corrected chi connectivity index (χ2v) is 5.90. The van der Waals surface area contributed by atoms with Gasteiger partial charge in [-0.05, 0) is 5.56 Å². The topological polar surface area (TPSA) is 67.2 Å². The van der Waals surface area contributed by atoms with Crippen molar-refractivity contribution in [3.8, 4) is 11.3 Å². The molecular formula is C17H12N4OS. The van der Waals surface area contributed by atoms with Crippen LogP contribution in [0.4, 0.5) is 0 Å². The summed E-state index contributed by atoms with van der Waals surface area (Å²) in [5.74, 6) is 0. The lowest BCUT2D eigenvalue weighted by atomic mass is 10.2. The molecule has 112 valence electrons. The van der Waals surface area contributed by atoms with Crippen LogP contribution < -0.4 is 4.80 Å². The molecule has 4 aromatic rings. The van der Waals surface area contributed by atoms with E-state index in [9.17, 15) is 0 Å². The number of nitrogens with zero attached hydrogens (tertiary/aromatic N) is 3. The third kappa shape index (κ3) is 2.49. The van der Waals surface area contributed by atoms with Crippen LogP contribution in [0, 0.1) is 5.41 Å². The van der Waals surface area contributed by atoms with Crippen molar-refractivity contribution in [2.24, 2.45) is 5.10 Å². The van der Waals surface area contributed by atoms with Crippen LogP contribution in [-0.2, 0) is 0 Å². The molecule has 0 bridgehead atoms. The molecule has 0 aliphatic carbocycles. The van der Waals surface area contributed by atoms with Crippen molar-refractivity contribution < 1.29 is 4.52 Å². The minimum Gasteiger partial charge on any atom is -0.334 e. The summed E-state index contributed by atoms with van der Waals surface area (Å²) in [4.78, 5) is 0.297. The van der Waals surface area contributed by atoms with Gasteiger partial charge in [-0.3, -0.25) is 5.41 Å². The summed E-state index contributed by atoms with van der Waals surface area (Å²) in [6.45, 7) is 0. The summed E-state index contributed by atoms with van der Waals surface area (Å²) < 4.78 is 7.72. The fraction of sp³-hybridized carbons (Fsp3) is 0. The average molecular weight is 320 g/mol. The van der Waals surface area contributed by atoms with Crippen LogP contribution in [0.2, 0.25) is 0 Å². The van der Waals surface area contributed by atoms with Gasteiger partial charge in [0, 0.05) is 5.56 Å². The maximum absolute atomic E-state index is 8.12. The van der Waals surface area contributed by atoms with E-state index in [2.05, 4.69) is 10.3 Å². The van der Waals surface area contributed by atoms with Gasteiger partial charge >= 0.3 is 0 Å². The van der Waals surface area contributed by atoms with E-state index in [1.807, 2.05) is 60.7 Å². The summed E-state index contributed by atoms with van der Waals surface area (Å²) in [7, 11) is 0. The predicted octanol–water partition coefficient (Wildman–Crippen LogP) is 3.72.